The molecule has 14 heavy (non-hydrogen) atoms. The van der Waals surface area contributed by atoms with Gasteiger partial charge >= 0.3 is 18.2 Å². The summed E-state index contributed by atoms with van der Waals surface area (Å²) < 4.78 is 72.5. The highest BCUT2D eigenvalue weighted by Crippen LogP contribution is 2.11. The van der Waals surface area contributed by atoms with Crippen molar-refractivity contribution in [2.45, 2.75) is 0 Å². The maximum absolute atomic E-state index is 12.1. The summed E-state index contributed by atoms with van der Waals surface area (Å²) in [4.78, 5) is 0. The molecule has 0 aromatic heterocycles. The second-order valence-corrected chi connectivity index (χ2v) is 5.72. The van der Waals surface area contributed by atoms with Crippen molar-refractivity contribution in [3.63, 3.8) is 0 Å². The van der Waals surface area contributed by atoms with Crippen LogP contribution in [0.1, 0.15) is 0 Å². The molecule has 0 heterocycles. The molecule has 0 aliphatic rings. The van der Waals surface area contributed by atoms with Crippen LogP contribution in [0.3, 0.4) is 0 Å². The van der Waals surface area contributed by atoms with Crippen LogP contribution in [0, 0.1) is 0 Å². The molecule has 1 rings (SSSR count). The second-order valence-electron chi connectivity index (χ2n) is 2.57. The number of rotatable bonds is 2. The van der Waals surface area contributed by atoms with Gasteiger partial charge in [0.2, 0.25) is 0 Å². The SMILES string of the molecule is F[Si](F)(F)c1ccc([Si](F)(F)F)cc1. The Morgan fingerprint density at radius 1 is 0.571 bits per heavy atom. The van der Waals surface area contributed by atoms with E-state index >= 15 is 0 Å². The van der Waals surface area contributed by atoms with Gasteiger partial charge in [-0.1, -0.05) is 24.3 Å². The zero-order valence-corrected chi connectivity index (χ0v) is 8.58. The molecule has 0 nitrogen and oxygen atoms in total. The molecule has 0 amide bonds. The van der Waals surface area contributed by atoms with Crippen LogP contribution in [0.2, 0.25) is 0 Å². The lowest BCUT2D eigenvalue weighted by Crippen LogP contribution is -2.38. The zero-order valence-electron chi connectivity index (χ0n) is 6.58. The number of hydrogen-bond acceptors (Lipinski definition) is 0. The minimum atomic E-state index is -5.97. The maximum Gasteiger partial charge on any atom is 0.653 e. The summed E-state index contributed by atoms with van der Waals surface area (Å²) >= 11 is 0. The van der Waals surface area contributed by atoms with Crippen LogP contribution in [0.4, 0.5) is 24.6 Å². The first-order chi connectivity index (χ1) is 6.21. The molecule has 0 saturated heterocycles. The van der Waals surface area contributed by atoms with Gasteiger partial charge in [-0.25, -0.2) is 24.6 Å². The van der Waals surface area contributed by atoms with Gasteiger partial charge in [-0.3, -0.25) is 0 Å². The monoisotopic (exact) mass is 246 g/mol. The first-order valence-electron chi connectivity index (χ1n) is 3.46. The Balaban J connectivity index is 3.02. The highest BCUT2D eigenvalue weighted by Gasteiger charge is 2.43. The van der Waals surface area contributed by atoms with Crippen molar-refractivity contribution in [1.82, 2.24) is 0 Å². The van der Waals surface area contributed by atoms with Crippen LogP contribution in [0.15, 0.2) is 24.3 Å². The molecule has 0 aliphatic heterocycles. The lowest BCUT2D eigenvalue weighted by Gasteiger charge is -2.05. The van der Waals surface area contributed by atoms with Crippen molar-refractivity contribution < 1.29 is 24.6 Å². The summed E-state index contributed by atoms with van der Waals surface area (Å²) in [7, 11) is -11.9. The van der Waals surface area contributed by atoms with E-state index in [0.717, 1.165) is 0 Å². The third kappa shape index (κ3) is 2.61. The van der Waals surface area contributed by atoms with Gasteiger partial charge in [0.15, 0.2) is 0 Å². The molecule has 0 atom stereocenters. The predicted molar refractivity (Wildman–Crippen MR) is 43.9 cm³/mol. The van der Waals surface area contributed by atoms with Gasteiger partial charge < -0.3 is 0 Å². The summed E-state index contributed by atoms with van der Waals surface area (Å²) in [6.45, 7) is 0. The number of benzene rings is 1. The summed E-state index contributed by atoms with van der Waals surface area (Å²) in [5.74, 6) is 0. The lowest BCUT2D eigenvalue weighted by molar-refractivity contribution is 0.497. The van der Waals surface area contributed by atoms with Gasteiger partial charge in [-0.15, -0.1) is 0 Å². The molecule has 0 bridgehead atoms. The Labute approximate surface area is 78.2 Å². The second kappa shape index (κ2) is 3.42. The Bertz CT molecular complexity index is 278. The van der Waals surface area contributed by atoms with Gasteiger partial charge in [0.25, 0.3) is 0 Å². The van der Waals surface area contributed by atoms with E-state index in [1.54, 1.807) is 0 Å². The average molecular weight is 246 g/mol. The van der Waals surface area contributed by atoms with Gasteiger partial charge in [0, 0.05) is 10.4 Å². The molecule has 1 aromatic carbocycles. The standard InChI is InChI=1S/C6H4F6Si2/c7-13(8,9)5-1-2-6(4-3-5)14(10,11)12/h1-4H. The minimum Gasteiger partial charge on any atom is -0.234 e. The van der Waals surface area contributed by atoms with Crippen LogP contribution in [-0.2, 0) is 0 Å². The average Bonchev–Trinajstić information content (AvgIpc) is 2.01. The Morgan fingerprint density at radius 3 is 0.929 bits per heavy atom. The van der Waals surface area contributed by atoms with E-state index in [9.17, 15) is 24.6 Å². The zero-order chi connectivity index (χ0) is 11.0. The molecular weight excluding hydrogens is 242 g/mol. The molecule has 78 valence electrons. The fourth-order valence-corrected chi connectivity index (χ4v) is 1.94. The molecule has 8 heteroatoms. The Kier molecular flexibility index (Phi) is 2.77. The summed E-state index contributed by atoms with van der Waals surface area (Å²) in [6, 6.07) is 2.01. The molecular formula is C6H4F6Si2. The van der Waals surface area contributed by atoms with E-state index in [1.807, 2.05) is 0 Å². The fraction of sp³-hybridized carbons (Fsp3) is 0. The molecule has 0 fully saturated rings. The van der Waals surface area contributed by atoms with Crippen molar-refractivity contribution in [2.24, 2.45) is 0 Å². The highest BCUT2D eigenvalue weighted by molar-refractivity contribution is 6.75. The molecule has 0 N–H and O–H groups in total. The third-order valence-corrected chi connectivity index (χ3v) is 3.52. The van der Waals surface area contributed by atoms with E-state index in [-0.39, 0.29) is 0 Å². The summed E-state index contributed by atoms with van der Waals surface area (Å²) in [5.41, 5.74) is 0. The van der Waals surface area contributed by atoms with Crippen molar-refractivity contribution in [3.05, 3.63) is 24.3 Å². The fourth-order valence-electron chi connectivity index (χ4n) is 0.848. The maximum atomic E-state index is 12.1. The number of hydrogen-bond donors (Lipinski definition) is 0. The van der Waals surface area contributed by atoms with Gasteiger partial charge in [0.1, 0.15) is 0 Å². The highest BCUT2D eigenvalue weighted by atomic mass is 28.5. The third-order valence-electron chi connectivity index (χ3n) is 1.54. The number of halogens is 6. The first-order valence-corrected chi connectivity index (χ1v) is 6.72. The van der Waals surface area contributed by atoms with Crippen LogP contribution in [0.25, 0.3) is 0 Å². The van der Waals surface area contributed by atoms with E-state index < -0.39 is 28.5 Å². The topological polar surface area (TPSA) is 0 Å². The molecule has 1 aromatic rings. The molecule has 0 unspecified atom stereocenters. The van der Waals surface area contributed by atoms with E-state index in [1.165, 1.54) is 0 Å². The van der Waals surface area contributed by atoms with E-state index in [0.29, 0.717) is 24.3 Å². The van der Waals surface area contributed by atoms with Crippen LogP contribution in [0.5, 0.6) is 0 Å². The minimum absolute atomic E-state index is 0.502. The van der Waals surface area contributed by atoms with E-state index in [4.69, 9.17) is 0 Å². The lowest BCUT2D eigenvalue weighted by atomic mass is 10.4. The van der Waals surface area contributed by atoms with Crippen molar-refractivity contribution in [2.75, 3.05) is 0 Å². The summed E-state index contributed by atoms with van der Waals surface area (Å²) in [6.07, 6.45) is 0. The quantitative estimate of drug-likeness (QED) is 0.424. The Morgan fingerprint density at radius 2 is 0.786 bits per heavy atom. The molecule has 0 spiro atoms. The smallest absolute Gasteiger partial charge is 0.234 e. The molecule has 0 saturated carbocycles. The van der Waals surface area contributed by atoms with Crippen molar-refractivity contribution >= 4 is 28.5 Å². The van der Waals surface area contributed by atoms with Crippen molar-refractivity contribution in [1.29, 1.82) is 0 Å². The van der Waals surface area contributed by atoms with Crippen LogP contribution in [-0.4, -0.2) is 18.2 Å². The van der Waals surface area contributed by atoms with Gasteiger partial charge in [0.05, 0.1) is 0 Å². The van der Waals surface area contributed by atoms with Crippen molar-refractivity contribution in [3.8, 4) is 0 Å². The summed E-state index contributed by atoms with van der Waals surface area (Å²) in [5, 5.41) is -1.86. The molecule has 0 radical (unpaired) electrons. The van der Waals surface area contributed by atoms with Gasteiger partial charge in [-0.05, 0) is 0 Å². The van der Waals surface area contributed by atoms with Crippen LogP contribution < -0.4 is 10.4 Å². The largest absolute Gasteiger partial charge is 0.653 e. The van der Waals surface area contributed by atoms with E-state index in [2.05, 4.69) is 0 Å². The normalized spacial score (nSPS) is 13.0. The van der Waals surface area contributed by atoms with Crippen LogP contribution >= 0.6 is 0 Å². The molecule has 0 aliphatic carbocycles. The Hall–Kier alpha value is -0.766. The first kappa shape index (κ1) is 11.3. The predicted octanol–water partition coefficient (Wildman–Crippen LogP) is 1.80. The van der Waals surface area contributed by atoms with Gasteiger partial charge in [-0.2, -0.15) is 0 Å².